The number of amides is 1. The number of rotatable bonds is 3. The van der Waals surface area contributed by atoms with E-state index in [4.69, 9.17) is 4.74 Å². The maximum Gasteiger partial charge on any atom is 0.258 e. The molecular formula is C16H15N3O2. The molecule has 106 valence electrons. The van der Waals surface area contributed by atoms with Crippen LogP contribution in [-0.4, -0.2) is 23.0 Å². The largest absolute Gasteiger partial charge is 0.495 e. The number of carbonyl (C=O) groups excluding carboxylic acids is 1. The van der Waals surface area contributed by atoms with Gasteiger partial charge in [0.25, 0.3) is 5.91 Å². The fraction of sp³-hybridized carbons (Fsp3) is 0.125. The van der Waals surface area contributed by atoms with Crippen molar-refractivity contribution in [2.24, 2.45) is 0 Å². The zero-order valence-electron chi connectivity index (χ0n) is 11.8. The second-order valence-corrected chi connectivity index (χ2v) is 4.76. The third-order valence-electron chi connectivity index (χ3n) is 3.30. The number of H-pyrrole nitrogens is 1. The summed E-state index contributed by atoms with van der Waals surface area (Å²) in [6, 6.07) is 11.1. The average Bonchev–Trinajstić information content (AvgIpc) is 2.95. The lowest BCUT2D eigenvalue weighted by Gasteiger charge is -2.11. The van der Waals surface area contributed by atoms with Gasteiger partial charge in [0, 0.05) is 0 Å². The first-order chi connectivity index (χ1) is 10.2. The van der Waals surface area contributed by atoms with Crippen molar-refractivity contribution in [1.29, 1.82) is 0 Å². The van der Waals surface area contributed by atoms with E-state index in [0.717, 1.165) is 11.1 Å². The number of hydrogen-bond acceptors (Lipinski definition) is 3. The van der Waals surface area contributed by atoms with Gasteiger partial charge in [-0.05, 0) is 36.8 Å². The smallest absolute Gasteiger partial charge is 0.258 e. The van der Waals surface area contributed by atoms with Crippen molar-refractivity contribution in [2.75, 3.05) is 12.4 Å². The van der Waals surface area contributed by atoms with Crippen LogP contribution in [-0.2, 0) is 0 Å². The molecule has 2 aromatic carbocycles. The summed E-state index contributed by atoms with van der Waals surface area (Å²) >= 11 is 0. The van der Waals surface area contributed by atoms with Gasteiger partial charge in [-0.15, -0.1) is 0 Å². The molecule has 1 amide bonds. The first kappa shape index (κ1) is 13.2. The predicted molar refractivity (Wildman–Crippen MR) is 81.8 cm³/mol. The number of aryl methyl sites for hydroxylation is 1. The van der Waals surface area contributed by atoms with Gasteiger partial charge in [0.05, 0.1) is 30.2 Å². The highest BCUT2D eigenvalue weighted by Gasteiger charge is 2.14. The van der Waals surface area contributed by atoms with Crippen molar-refractivity contribution in [3.63, 3.8) is 0 Å². The second-order valence-electron chi connectivity index (χ2n) is 4.76. The molecule has 0 unspecified atom stereocenters. The summed E-state index contributed by atoms with van der Waals surface area (Å²) in [6.07, 6.45) is 1.58. The summed E-state index contributed by atoms with van der Waals surface area (Å²) in [5.41, 5.74) is 3.71. The van der Waals surface area contributed by atoms with E-state index < -0.39 is 0 Å². The van der Waals surface area contributed by atoms with Gasteiger partial charge in [0.15, 0.2) is 0 Å². The lowest BCUT2D eigenvalue weighted by Crippen LogP contribution is -2.13. The topological polar surface area (TPSA) is 67.0 Å². The fourth-order valence-electron chi connectivity index (χ4n) is 2.26. The van der Waals surface area contributed by atoms with E-state index in [2.05, 4.69) is 15.3 Å². The quantitative estimate of drug-likeness (QED) is 0.775. The Balaban J connectivity index is 1.97. The normalized spacial score (nSPS) is 10.6. The second kappa shape index (κ2) is 5.28. The third kappa shape index (κ3) is 2.45. The molecule has 0 saturated heterocycles. The van der Waals surface area contributed by atoms with Crippen molar-refractivity contribution in [3.8, 4) is 5.75 Å². The highest BCUT2D eigenvalue weighted by atomic mass is 16.5. The van der Waals surface area contributed by atoms with Gasteiger partial charge in [-0.25, -0.2) is 4.98 Å². The lowest BCUT2D eigenvalue weighted by molar-refractivity contribution is 0.102. The van der Waals surface area contributed by atoms with E-state index >= 15 is 0 Å². The summed E-state index contributed by atoms with van der Waals surface area (Å²) in [5, 5.41) is 2.88. The van der Waals surface area contributed by atoms with E-state index in [-0.39, 0.29) is 5.91 Å². The molecule has 0 radical (unpaired) electrons. The van der Waals surface area contributed by atoms with Gasteiger partial charge in [-0.1, -0.05) is 12.1 Å². The molecule has 1 heterocycles. The minimum atomic E-state index is -0.211. The summed E-state index contributed by atoms with van der Waals surface area (Å²) in [7, 11) is 1.58. The van der Waals surface area contributed by atoms with Crippen LogP contribution in [0.25, 0.3) is 11.0 Å². The number of carbonyl (C=O) groups is 1. The number of aromatic nitrogens is 2. The first-order valence-electron chi connectivity index (χ1n) is 6.57. The molecule has 1 aromatic heterocycles. The van der Waals surface area contributed by atoms with Crippen molar-refractivity contribution in [1.82, 2.24) is 9.97 Å². The number of nitrogens with one attached hydrogen (secondary N) is 2. The highest BCUT2D eigenvalue weighted by molar-refractivity contribution is 6.11. The molecule has 21 heavy (non-hydrogen) atoms. The molecule has 0 aliphatic rings. The number of fused-ring (bicyclic) bond motifs is 1. The molecule has 0 atom stereocenters. The van der Waals surface area contributed by atoms with Crippen LogP contribution in [0.5, 0.6) is 5.75 Å². The van der Waals surface area contributed by atoms with Gasteiger partial charge in [-0.2, -0.15) is 0 Å². The zero-order chi connectivity index (χ0) is 14.8. The molecule has 0 saturated carbocycles. The Bertz CT molecular complexity index is 808. The van der Waals surface area contributed by atoms with Crippen molar-refractivity contribution in [3.05, 3.63) is 53.9 Å². The van der Waals surface area contributed by atoms with Gasteiger partial charge < -0.3 is 15.0 Å². The van der Waals surface area contributed by atoms with Crippen LogP contribution in [0.3, 0.4) is 0 Å². The fourth-order valence-corrected chi connectivity index (χ4v) is 2.26. The SMILES string of the molecule is COc1ccc(C)cc1NC(=O)c1cccc2[nH]cnc12. The van der Waals surface area contributed by atoms with Gasteiger partial charge >= 0.3 is 0 Å². The third-order valence-corrected chi connectivity index (χ3v) is 3.30. The van der Waals surface area contributed by atoms with Crippen LogP contribution in [0.4, 0.5) is 5.69 Å². The summed E-state index contributed by atoms with van der Waals surface area (Å²) in [6.45, 7) is 1.96. The minimum absolute atomic E-state index is 0.211. The lowest BCUT2D eigenvalue weighted by atomic mass is 10.1. The van der Waals surface area contributed by atoms with Crippen LogP contribution < -0.4 is 10.1 Å². The molecule has 3 rings (SSSR count). The maximum absolute atomic E-state index is 12.5. The van der Waals surface area contributed by atoms with Crippen LogP contribution in [0.1, 0.15) is 15.9 Å². The molecule has 0 aliphatic carbocycles. The van der Waals surface area contributed by atoms with Gasteiger partial charge in [0.1, 0.15) is 11.3 Å². The molecular weight excluding hydrogens is 266 g/mol. The highest BCUT2D eigenvalue weighted by Crippen LogP contribution is 2.26. The van der Waals surface area contributed by atoms with Crippen molar-refractivity contribution >= 4 is 22.6 Å². The van der Waals surface area contributed by atoms with Crippen LogP contribution >= 0.6 is 0 Å². The van der Waals surface area contributed by atoms with E-state index in [0.29, 0.717) is 22.5 Å². The number of imidazole rings is 1. The molecule has 0 aliphatic heterocycles. The molecule has 2 N–H and O–H groups in total. The number of hydrogen-bond donors (Lipinski definition) is 2. The zero-order valence-corrected chi connectivity index (χ0v) is 11.8. The van der Waals surface area contributed by atoms with Gasteiger partial charge in [-0.3, -0.25) is 4.79 Å². The monoisotopic (exact) mass is 281 g/mol. The van der Waals surface area contributed by atoms with Gasteiger partial charge in [0.2, 0.25) is 0 Å². The maximum atomic E-state index is 12.5. The number of methoxy groups -OCH3 is 1. The molecule has 5 heteroatoms. The number of nitrogens with zero attached hydrogens (tertiary/aromatic N) is 1. The number of ether oxygens (including phenoxy) is 1. The molecule has 5 nitrogen and oxygen atoms in total. The standard InChI is InChI=1S/C16H15N3O2/c1-10-6-7-14(21-2)13(8-10)19-16(20)11-4-3-5-12-15(11)18-9-17-12/h3-9H,1-2H3,(H,17,18)(H,19,20). The number of para-hydroxylation sites is 1. The Morgan fingerprint density at radius 3 is 2.95 bits per heavy atom. The predicted octanol–water partition coefficient (Wildman–Crippen LogP) is 3.13. The number of benzene rings is 2. The van der Waals surface area contributed by atoms with Crippen LogP contribution in [0.2, 0.25) is 0 Å². The number of aromatic amines is 1. The van der Waals surface area contributed by atoms with E-state index in [1.807, 2.05) is 37.3 Å². The Morgan fingerprint density at radius 2 is 2.14 bits per heavy atom. The Morgan fingerprint density at radius 1 is 1.29 bits per heavy atom. The average molecular weight is 281 g/mol. The molecule has 3 aromatic rings. The van der Waals surface area contributed by atoms with E-state index in [9.17, 15) is 4.79 Å². The summed E-state index contributed by atoms with van der Waals surface area (Å²) in [5.74, 6) is 0.416. The number of anilines is 1. The van der Waals surface area contributed by atoms with Crippen molar-refractivity contribution < 1.29 is 9.53 Å². The Hall–Kier alpha value is -2.82. The van der Waals surface area contributed by atoms with Crippen molar-refractivity contribution in [2.45, 2.75) is 6.92 Å². The first-order valence-corrected chi connectivity index (χ1v) is 6.57. The minimum Gasteiger partial charge on any atom is -0.495 e. The molecule has 0 fully saturated rings. The van der Waals surface area contributed by atoms with Crippen LogP contribution in [0, 0.1) is 6.92 Å². The van der Waals surface area contributed by atoms with E-state index in [1.165, 1.54) is 0 Å². The molecule has 0 spiro atoms. The molecule has 0 bridgehead atoms. The van der Waals surface area contributed by atoms with E-state index in [1.54, 1.807) is 19.5 Å². The Labute approximate surface area is 122 Å². The van der Waals surface area contributed by atoms with Crippen LogP contribution in [0.15, 0.2) is 42.7 Å². The summed E-state index contributed by atoms with van der Waals surface area (Å²) < 4.78 is 5.27. The summed E-state index contributed by atoms with van der Waals surface area (Å²) in [4.78, 5) is 19.7. The Kier molecular flexibility index (Phi) is 3.31.